The maximum atomic E-state index is 12.4. The van der Waals surface area contributed by atoms with Crippen molar-refractivity contribution in [2.75, 3.05) is 7.11 Å². The smallest absolute Gasteiger partial charge is 0.328 e. The van der Waals surface area contributed by atoms with E-state index in [0.717, 1.165) is 22.0 Å². The number of fused-ring (bicyclic) bond motifs is 1. The highest BCUT2D eigenvalue weighted by Gasteiger charge is 2.23. The van der Waals surface area contributed by atoms with Crippen LogP contribution in [0.4, 0.5) is 0 Å². The lowest BCUT2D eigenvalue weighted by Gasteiger charge is -2.16. The van der Waals surface area contributed by atoms with Crippen LogP contribution in [-0.4, -0.2) is 30.0 Å². The third-order valence-electron chi connectivity index (χ3n) is 4.20. The first kappa shape index (κ1) is 18.0. The van der Waals surface area contributed by atoms with Gasteiger partial charge in [-0.05, 0) is 29.3 Å². The number of H-pyrrole nitrogens is 1. The van der Waals surface area contributed by atoms with Gasteiger partial charge in [0.1, 0.15) is 6.04 Å². The van der Waals surface area contributed by atoms with Gasteiger partial charge in [-0.2, -0.15) is 0 Å². The number of carbonyl (C=O) groups excluding carboxylic acids is 2. The highest BCUT2D eigenvalue weighted by molar-refractivity contribution is 6.30. The Bertz CT molecular complexity index is 918. The second kappa shape index (κ2) is 8.06. The zero-order chi connectivity index (χ0) is 18.5. The van der Waals surface area contributed by atoms with Crippen molar-refractivity contribution in [2.45, 2.75) is 18.9 Å². The summed E-state index contributed by atoms with van der Waals surface area (Å²) in [4.78, 5) is 27.7. The lowest BCUT2D eigenvalue weighted by Crippen LogP contribution is -2.43. The topological polar surface area (TPSA) is 71.2 Å². The van der Waals surface area contributed by atoms with Crippen molar-refractivity contribution < 1.29 is 14.3 Å². The molecule has 0 aliphatic heterocycles. The van der Waals surface area contributed by atoms with E-state index in [1.54, 1.807) is 24.3 Å². The molecule has 0 saturated carbocycles. The van der Waals surface area contributed by atoms with Crippen LogP contribution in [0.1, 0.15) is 11.1 Å². The molecule has 1 heterocycles. The zero-order valence-electron chi connectivity index (χ0n) is 14.3. The number of ether oxygens (including phenoxy) is 1. The predicted octanol–water partition coefficient (Wildman–Crippen LogP) is 3.26. The summed E-state index contributed by atoms with van der Waals surface area (Å²) < 4.78 is 4.86. The number of carbonyl (C=O) groups is 2. The van der Waals surface area contributed by atoms with E-state index in [9.17, 15) is 9.59 Å². The largest absolute Gasteiger partial charge is 0.467 e. The molecular formula is C20H19ClN2O3. The molecule has 3 rings (SSSR count). The van der Waals surface area contributed by atoms with Gasteiger partial charge in [0, 0.05) is 28.5 Å². The first-order valence-electron chi connectivity index (χ1n) is 8.23. The number of esters is 1. The van der Waals surface area contributed by atoms with Crippen LogP contribution in [0.25, 0.3) is 10.9 Å². The molecule has 5 nitrogen and oxygen atoms in total. The fourth-order valence-corrected chi connectivity index (χ4v) is 3.01. The molecule has 134 valence electrons. The number of amides is 1. The van der Waals surface area contributed by atoms with Gasteiger partial charge in [-0.15, -0.1) is 0 Å². The van der Waals surface area contributed by atoms with Gasteiger partial charge in [-0.3, -0.25) is 4.79 Å². The van der Waals surface area contributed by atoms with Gasteiger partial charge in [0.25, 0.3) is 0 Å². The first-order valence-corrected chi connectivity index (χ1v) is 8.61. The van der Waals surface area contributed by atoms with Crippen molar-refractivity contribution in [1.29, 1.82) is 0 Å². The van der Waals surface area contributed by atoms with E-state index in [1.165, 1.54) is 7.11 Å². The van der Waals surface area contributed by atoms with Crippen molar-refractivity contribution in [3.8, 4) is 0 Å². The quantitative estimate of drug-likeness (QED) is 0.654. The summed E-state index contributed by atoms with van der Waals surface area (Å²) in [6.45, 7) is 0. The van der Waals surface area contributed by atoms with Gasteiger partial charge in [-0.1, -0.05) is 41.9 Å². The zero-order valence-corrected chi connectivity index (χ0v) is 15.0. The minimum atomic E-state index is -0.751. The Morgan fingerprint density at radius 3 is 2.62 bits per heavy atom. The Kier molecular flexibility index (Phi) is 5.58. The molecule has 2 aromatic carbocycles. The lowest BCUT2D eigenvalue weighted by molar-refractivity contribution is -0.145. The van der Waals surface area contributed by atoms with Gasteiger partial charge < -0.3 is 15.0 Å². The average Bonchev–Trinajstić information content (AvgIpc) is 3.05. The van der Waals surface area contributed by atoms with E-state index >= 15 is 0 Å². The number of rotatable bonds is 6. The van der Waals surface area contributed by atoms with E-state index < -0.39 is 12.0 Å². The van der Waals surface area contributed by atoms with Gasteiger partial charge in [0.15, 0.2) is 0 Å². The first-order chi connectivity index (χ1) is 12.6. The van der Waals surface area contributed by atoms with Crippen LogP contribution in [0.5, 0.6) is 0 Å². The summed E-state index contributed by atoms with van der Waals surface area (Å²) in [5.41, 5.74) is 2.75. The fraction of sp³-hybridized carbons (Fsp3) is 0.200. The Morgan fingerprint density at radius 2 is 1.88 bits per heavy atom. The van der Waals surface area contributed by atoms with Crippen LogP contribution in [-0.2, 0) is 27.2 Å². The molecule has 1 atom stereocenters. The third kappa shape index (κ3) is 4.24. The summed E-state index contributed by atoms with van der Waals surface area (Å²) >= 11 is 5.86. The second-order valence-electron chi connectivity index (χ2n) is 6.01. The van der Waals surface area contributed by atoms with Crippen LogP contribution in [0.15, 0.2) is 54.7 Å². The number of methoxy groups -OCH3 is 1. The van der Waals surface area contributed by atoms with Crippen LogP contribution >= 0.6 is 11.6 Å². The number of hydrogen-bond acceptors (Lipinski definition) is 3. The number of aromatic amines is 1. The van der Waals surface area contributed by atoms with Crippen molar-refractivity contribution in [3.05, 3.63) is 70.9 Å². The normalized spacial score (nSPS) is 11.9. The molecule has 1 aromatic heterocycles. The van der Waals surface area contributed by atoms with E-state index in [2.05, 4.69) is 10.3 Å². The number of halogens is 1. The predicted molar refractivity (Wildman–Crippen MR) is 101 cm³/mol. The monoisotopic (exact) mass is 370 g/mol. The molecule has 0 aliphatic rings. The standard InChI is InChI=1S/C20H19ClN2O3/c1-26-20(25)18(11-14-12-22-17-5-3-2-4-16(14)17)23-19(24)10-13-6-8-15(21)9-7-13/h2-9,12,18,22H,10-11H2,1H3,(H,23,24)/t18-/m1/s1. The fourth-order valence-electron chi connectivity index (χ4n) is 2.89. The molecule has 0 unspecified atom stereocenters. The molecule has 0 bridgehead atoms. The number of nitrogens with one attached hydrogen (secondary N) is 2. The minimum Gasteiger partial charge on any atom is -0.467 e. The molecular weight excluding hydrogens is 352 g/mol. The number of benzene rings is 2. The molecule has 26 heavy (non-hydrogen) atoms. The van der Waals surface area contributed by atoms with Crippen molar-refractivity contribution in [3.63, 3.8) is 0 Å². The van der Waals surface area contributed by atoms with Gasteiger partial charge in [0.05, 0.1) is 13.5 Å². The lowest BCUT2D eigenvalue weighted by atomic mass is 10.0. The number of hydrogen-bond donors (Lipinski definition) is 2. The minimum absolute atomic E-state index is 0.165. The molecule has 6 heteroatoms. The van der Waals surface area contributed by atoms with Gasteiger partial charge in [0.2, 0.25) is 5.91 Å². The van der Waals surface area contributed by atoms with Crippen LogP contribution in [0, 0.1) is 0 Å². The Balaban J connectivity index is 1.72. The SMILES string of the molecule is COC(=O)[C@@H](Cc1c[nH]c2ccccc12)NC(=O)Cc1ccc(Cl)cc1. The van der Waals surface area contributed by atoms with Crippen molar-refractivity contribution >= 4 is 34.4 Å². The molecule has 0 saturated heterocycles. The van der Waals surface area contributed by atoms with E-state index in [0.29, 0.717) is 11.4 Å². The Hall–Kier alpha value is -2.79. The van der Waals surface area contributed by atoms with Gasteiger partial charge in [-0.25, -0.2) is 4.79 Å². The highest BCUT2D eigenvalue weighted by Crippen LogP contribution is 2.19. The van der Waals surface area contributed by atoms with Crippen LogP contribution in [0.3, 0.4) is 0 Å². The summed E-state index contributed by atoms with van der Waals surface area (Å²) in [6.07, 6.45) is 2.37. The maximum absolute atomic E-state index is 12.4. The Morgan fingerprint density at radius 1 is 1.15 bits per heavy atom. The Labute approximate surface area is 156 Å². The van der Waals surface area contributed by atoms with Crippen LogP contribution < -0.4 is 5.32 Å². The van der Waals surface area contributed by atoms with Crippen molar-refractivity contribution in [1.82, 2.24) is 10.3 Å². The summed E-state index contributed by atoms with van der Waals surface area (Å²) in [7, 11) is 1.32. The average molecular weight is 371 g/mol. The number of aromatic nitrogens is 1. The molecule has 0 aliphatic carbocycles. The van der Waals surface area contributed by atoms with E-state index in [1.807, 2.05) is 30.5 Å². The van der Waals surface area contributed by atoms with Crippen LogP contribution in [0.2, 0.25) is 5.02 Å². The molecule has 0 fully saturated rings. The highest BCUT2D eigenvalue weighted by atomic mass is 35.5. The molecule has 1 amide bonds. The maximum Gasteiger partial charge on any atom is 0.328 e. The molecule has 0 radical (unpaired) electrons. The summed E-state index contributed by atoms with van der Waals surface area (Å²) in [6, 6.07) is 14.1. The number of para-hydroxylation sites is 1. The molecule has 0 spiro atoms. The van der Waals surface area contributed by atoms with E-state index in [4.69, 9.17) is 16.3 Å². The van der Waals surface area contributed by atoms with Gasteiger partial charge >= 0.3 is 5.97 Å². The summed E-state index contributed by atoms with van der Waals surface area (Å²) in [5.74, 6) is -0.720. The molecule has 3 aromatic rings. The third-order valence-corrected chi connectivity index (χ3v) is 4.45. The molecule has 2 N–H and O–H groups in total. The van der Waals surface area contributed by atoms with E-state index in [-0.39, 0.29) is 12.3 Å². The van der Waals surface area contributed by atoms with Crippen molar-refractivity contribution in [2.24, 2.45) is 0 Å². The second-order valence-corrected chi connectivity index (χ2v) is 6.45. The summed E-state index contributed by atoms with van der Waals surface area (Å²) in [5, 5.41) is 4.41.